The van der Waals surface area contributed by atoms with Crippen molar-refractivity contribution in [1.29, 1.82) is 0 Å². The van der Waals surface area contributed by atoms with Gasteiger partial charge in [0.25, 0.3) is 5.56 Å². The number of hydrogen-bond acceptors (Lipinski definition) is 5. The van der Waals surface area contributed by atoms with Gasteiger partial charge in [0.1, 0.15) is 11.4 Å². The van der Waals surface area contributed by atoms with Gasteiger partial charge in [-0.05, 0) is 6.42 Å². The minimum absolute atomic E-state index is 0.0965. The van der Waals surface area contributed by atoms with Crippen LogP contribution in [0.1, 0.15) is 40.6 Å². The van der Waals surface area contributed by atoms with Gasteiger partial charge in [0, 0.05) is 23.9 Å². The molecule has 11 heteroatoms. The van der Waals surface area contributed by atoms with Gasteiger partial charge < -0.3 is 0 Å². The summed E-state index contributed by atoms with van der Waals surface area (Å²) in [5, 5.41) is 3.30. The van der Waals surface area contributed by atoms with E-state index in [1.807, 2.05) is 6.92 Å². The molecule has 0 aliphatic rings. The van der Waals surface area contributed by atoms with E-state index >= 15 is 0 Å². The molecule has 0 amide bonds. The Morgan fingerprint density at radius 3 is 2.62 bits per heavy atom. The molecule has 0 radical (unpaired) electrons. The Labute approximate surface area is 153 Å². The zero-order valence-electron chi connectivity index (χ0n) is 13.6. The molecular weight excluding hydrogens is 393 g/mol. The van der Waals surface area contributed by atoms with E-state index in [-0.39, 0.29) is 33.8 Å². The number of halogens is 4. The van der Waals surface area contributed by atoms with Crippen molar-refractivity contribution in [3.63, 3.8) is 0 Å². The van der Waals surface area contributed by atoms with Gasteiger partial charge in [-0.15, -0.1) is 11.3 Å². The second kappa shape index (κ2) is 6.51. The molecule has 138 valence electrons. The van der Waals surface area contributed by atoms with Crippen molar-refractivity contribution >= 4 is 33.7 Å². The van der Waals surface area contributed by atoms with E-state index in [1.54, 1.807) is 0 Å². The number of nitrogens with zero attached hydrogens (tertiary/aromatic N) is 4. The van der Waals surface area contributed by atoms with Gasteiger partial charge in [0.2, 0.25) is 0 Å². The monoisotopic (exact) mass is 404 g/mol. The molecule has 0 atom stereocenters. The maximum atomic E-state index is 13.0. The standard InChI is InChI=1S/C15H12ClF3N4O2S/c1-3-9-13(7(2)24)23-12(25)4-8(20-14(23)26-9)6-22-10(15(17,18)19)5-11(16)21-22/h4-5H,3,6H2,1-2H3. The van der Waals surface area contributed by atoms with Gasteiger partial charge in [-0.1, -0.05) is 18.5 Å². The number of ketones is 1. The summed E-state index contributed by atoms with van der Waals surface area (Å²) < 4.78 is 41.0. The summed E-state index contributed by atoms with van der Waals surface area (Å²) in [6, 6.07) is 1.81. The fourth-order valence-corrected chi connectivity index (χ4v) is 3.95. The minimum Gasteiger partial charge on any atom is -0.293 e. The summed E-state index contributed by atoms with van der Waals surface area (Å²) in [4.78, 5) is 29.5. The van der Waals surface area contributed by atoms with E-state index in [1.165, 1.54) is 11.3 Å². The van der Waals surface area contributed by atoms with Crippen LogP contribution in [0.4, 0.5) is 13.2 Å². The number of thiazole rings is 1. The van der Waals surface area contributed by atoms with Gasteiger partial charge in [-0.3, -0.25) is 14.3 Å². The summed E-state index contributed by atoms with van der Waals surface area (Å²) in [6.07, 6.45) is -4.11. The molecule has 0 saturated carbocycles. The molecule has 0 saturated heterocycles. The minimum atomic E-state index is -4.64. The average Bonchev–Trinajstić information content (AvgIpc) is 3.07. The lowest BCUT2D eigenvalue weighted by Crippen LogP contribution is -2.21. The van der Waals surface area contributed by atoms with E-state index in [0.29, 0.717) is 22.0 Å². The Hall–Kier alpha value is -2.20. The number of aromatic nitrogens is 4. The summed E-state index contributed by atoms with van der Waals surface area (Å²) >= 11 is 6.75. The number of carbonyl (C=O) groups excluding carboxylic acids is 1. The van der Waals surface area contributed by atoms with Crippen LogP contribution >= 0.6 is 22.9 Å². The Bertz CT molecular complexity index is 1070. The number of fused-ring (bicyclic) bond motifs is 1. The number of hydrogen-bond donors (Lipinski definition) is 0. The molecule has 6 nitrogen and oxygen atoms in total. The molecular formula is C15H12ClF3N4O2S. The summed E-state index contributed by atoms with van der Waals surface area (Å²) in [6.45, 7) is 2.81. The molecule has 0 spiro atoms. The van der Waals surface area contributed by atoms with Crippen LogP contribution in [0, 0.1) is 0 Å². The van der Waals surface area contributed by atoms with Crippen molar-refractivity contribution < 1.29 is 18.0 Å². The first-order valence-corrected chi connectivity index (χ1v) is 8.67. The van der Waals surface area contributed by atoms with E-state index < -0.39 is 17.4 Å². The first-order chi connectivity index (χ1) is 12.1. The molecule has 3 aromatic rings. The van der Waals surface area contributed by atoms with Gasteiger partial charge in [-0.25, -0.2) is 9.38 Å². The molecule has 0 unspecified atom stereocenters. The molecule has 0 aliphatic heterocycles. The topological polar surface area (TPSA) is 69.3 Å². The largest absolute Gasteiger partial charge is 0.433 e. The van der Waals surface area contributed by atoms with E-state index in [4.69, 9.17) is 11.6 Å². The zero-order valence-corrected chi connectivity index (χ0v) is 15.2. The molecule has 0 N–H and O–H groups in total. The fraction of sp³-hybridized carbons (Fsp3) is 0.333. The van der Waals surface area contributed by atoms with Crippen molar-refractivity contribution in [1.82, 2.24) is 19.2 Å². The third-order valence-corrected chi connectivity index (χ3v) is 5.02. The second-order valence-electron chi connectivity index (χ2n) is 5.49. The van der Waals surface area contributed by atoms with Crippen LogP contribution in [0.5, 0.6) is 0 Å². The number of aryl methyl sites for hydroxylation is 1. The van der Waals surface area contributed by atoms with Gasteiger partial charge in [0.05, 0.1) is 12.2 Å². The molecule has 3 aromatic heterocycles. The van der Waals surface area contributed by atoms with Crippen LogP contribution in [0.25, 0.3) is 4.96 Å². The molecule has 3 heterocycles. The van der Waals surface area contributed by atoms with Crippen molar-refractivity contribution in [2.45, 2.75) is 33.0 Å². The smallest absolute Gasteiger partial charge is 0.293 e. The van der Waals surface area contributed by atoms with E-state index in [0.717, 1.165) is 17.4 Å². The summed E-state index contributed by atoms with van der Waals surface area (Å²) in [5.41, 5.74) is -1.21. The highest BCUT2D eigenvalue weighted by Gasteiger charge is 2.35. The van der Waals surface area contributed by atoms with E-state index in [2.05, 4.69) is 10.1 Å². The average molecular weight is 405 g/mol. The molecule has 0 aliphatic carbocycles. The van der Waals surface area contributed by atoms with Crippen LogP contribution in [0.2, 0.25) is 5.15 Å². The lowest BCUT2D eigenvalue weighted by molar-refractivity contribution is -0.144. The zero-order chi connectivity index (χ0) is 19.2. The maximum absolute atomic E-state index is 13.0. The highest BCUT2D eigenvalue weighted by molar-refractivity contribution is 7.17. The first-order valence-electron chi connectivity index (χ1n) is 7.47. The predicted molar refractivity (Wildman–Crippen MR) is 90.1 cm³/mol. The number of carbonyl (C=O) groups is 1. The third-order valence-electron chi connectivity index (χ3n) is 3.65. The van der Waals surface area contributed by atoms with Gasteiger partial charge in [0.15, 0.2) is 15.9 Å². The molecule has 3 rings (SSSR count). The van der Waals surface area contributed by atoms with Crippen LogP contribution in [0.15, 0.2) is 16.9 Å². The maximum Gasteiger partial charge on any atom is 0.433 e. The highest BCUT2D eigenvalue weighted by atomic mass is 35.5. The first kappa shape index (κ1) is 18.6. The van der Waals surface area contributed by atoms with Crippen molar-refractivity contribution in [3.8, 4) is 0 Å². The molecule has 0 aromatic carbocycles. The lowest BCUT2D eigenvalue weighted by Gasteiger charge is -2.09. The Morgan fingerprint density at radius 2 is 2.04 bits per heavy atom. The van der Waals surface area contributed by atoms with Crippen LogP contribution in [-0.2, 0) is 19.1 Å². The summed E-state index contributed by atoms with van der Waals surface area (Å²) in [5.74, 6) is -0.275. The SMILES string of the molecule is CCc1sc2nc(Cn3nc(Cl)cc3C(F)(F)F)cc(=O)n2c1C(C)=O. The van der Waals surface area contributed by atoms with Gasteiger partial charge in [-0.2, -0.15) is 18.3 Å². The normalized spacial score (nSPS) is 12.1. The fourth-order valence-electron chi connectivity index (χ4n) is 2.63. The second-order valence-corrected chi connectivity index (χ2v) is 6.94. The van der Waals surface area contributed by atoms with Crippen molar-refractivity contribution in [3.05, 3.63) is 49.6 Å². The van der Waals surface area contributed by atoms with Crippen LogP contribution in [0.3, 0.4) is 0 Å². The van der Waals surface area contributed by atoms with Crippen LogP contribution < -0.4 is 5.56 Å². The van der Waals surface area contributed by atoms with Crippen LogP contribution in [-0.4, -0.2) is 24.9 Å². The molecule has 26 heavy (non-hydrogen) atoms. The Kier molecular flexibility index (Phi) is 4.65. The Balaban J connectivity index is 2.12. The van der Waals surface area contributed by atoms with E-state index in [9.17, 15) is 22.8 Å². The number of rotatable bonds is 4. The third kappa shape index (κ3) is 3.26. The van der Waals surface area contributed by atoms with Gasteiger partial charge >= 0.3 is 6.18 Å². The van der Waals surface area contributed by atoms with Crippen molar-refractivity contribution in [2.75, 3.05) is 0 Å². The Morgan fingerprint density at radius 1 is 1.35 bits per heavy atom. The predicted octanol–water partition coefficient (Wildman–Crippen LogP) is 3.44. The summed E-state index contributed by atoms with van der Waals surface area (Å²) in [7, 11) is 0. The quantitative estimate of drug-likeness (QED) is 0.625. The molecule has 0 fully saturated rings. The highest BCUT2D eigenvalue weighted by Crippen LogP contribution is 2.31. The lowest BCUT2D eigenvalue weighted by atomic mass is 10.2. The number of Topliss-reactive ketones (excluding diaryl/α,β-unsaturated/α-hetero) is 1. The number of alkyl halides is 3. The van der Waals surface area contributed by atoms with Crippen molar-refractivity contribution in [2.24, 2.45) is 0 Å². The molecule has 0 bridgehead atoms.